The number of benzene rings is 2. The highest BCUT2D eigenvalue weighted by Crippen LogP contribution is 2.38. The maximum absolute atomic E-state index is 14.7. The van der Waals surface area contributed by atoms with Crippen LogP contribution in [-0.4, -0.2) is 31.0 Å². The third kappa shape index (κ3) is 4.87. The van der Waals surface area contributed by atoms with Gasteiger partial charge in [-0.3, -0.25) is 0 Å². The summed E-state index contributed by atoms with van der Waals surface area (Å²) in [4.78, 5) is 4.79. The molecular formula is C19H13F7N2O3S. The molecule has 0 amide bonds. The molecule has 0 unspecified atom stereocenters. The van der Waals surface area contributed by atoms with Gasteiger partial charge in [-0.25, -0.2) is 31.0 Å². The Labute approximate surface area is 176 Å². The van der Waals surface area contributed by atoms with Crippen LogP contribution in [0.2, 0.25) is 0 Å². The summed E-state index contributed by atoms with van der Waals surface area (Å²) in [7, 11) is -4.14. The number of aromatic amines is 1. The zero-order valence-corrected chi connectivity index (χ0v) is 17.0. The van der Waals surface area contributed by atoms with Crippen molar-refractivity contribution in [3.8, 4) is 28.3 Å². The first-order valence-electron chi connectivity index (χ1n) is 8.61. The van der Waals surface area contributed by atoms with E-state index in [4.69, 9.17) is 0 Å². The molecule has 0 saturated carbocycles. The van der Waals surface area contributed by atoms with E-state index in [1.165, 1.54) is 19.1 Å². The number of halogens is 7. The fraction of sp³-hybridized carbons (Fsp3) is 0.211. The molecule has 0 atom stereocenters. The summed E-state index contributed by atoms with van der Waals surface area (Å²) in [5.41, 5.74) is -1.66. The van der Waals surface area contributed by atoms with E-state index in [0.29, 0.717) is 18.4 Å². The van der Waals surface area contributed by atoms with E-state index in [-0.39, 0.29) is 16.8 Å². The monoisotopic (exact) mass is 482 g/mol. The number of nitrogens with one attached hydrogen (secondary N) is 1. The van der Waals surface area contributed by atoms with Crippen LogP contribution in [0.3, 0.4) is 0 Å². The molecule has 1 aromatic heterocycles. The lowest BCUT2D eigenvalue weighted by Crippen LogP contribution is -2.17. The number of ether oxygens (including phenoxy) is 1. The molecule has 0 saturated heterocycles. The summed E-state index contributed by atoms with van der Waals surface area (Å²) < 4.78 is 121. The summed E-state index contributed by atoms with van der Waals surface area (Å²) in [6, 6.07) is 4.14. The molecular weight excluding hydrogens is 469 g/mol. The second-order valence-electron chi connectivity index (χ2n) is 6.71. The van der Waals surface area contributed by atoms with Crippen molar-refractivity contribution in [2.45, 2.75) is 24.6 Å². The van der Waals surface area contributed by atoms with Gasteiger partial charge < -0.3 is 9.72 Å². The number of imidazole rings is 1. The van der Waals surface area contributed by atoms with Crippen LogP contribution in [0.4, 0.5) is 30.7 Å². The summed E-state index contributed by atoms with van der Waals surface area (Å²) in [5.74, 6) is -4.25. The van der Waals surface area contributed by atoms with E-state index in [1.807, 2.05) is 0 Å². The molecule has 0 aliphatic carbocycles. The Balaban J connectivity index is 2.24. The number of hydrogen-bond donors (Lipinski definition) is 1. The molecule has 172 valence electrons. The van der Waals surface area contributed by atoms with Crippen LogP contribution < -0.4 is 4.74 Å². The zero-order valence-electron chi connectivity index (χ0n) is 16.2. The van der Waals surface area contributed by atoms with E-state index >= 15 is 0 Å². The minimum atomic E-state index is -5.04. The van der Waals surface area contributed by atoms with Crippen LogP contribution >= 0.6 is 0 Å². The highest BCUT2D eigenvalue weighted by molar-refractivity contribution is 7.90. The second kappa shape index (κ2) is 8.11. The molecule has 3 rings (SSSR count). The van der Waals surface area contributed by atoms with Crippen LogP contribution in [0, 0.1) is 18.6 Å². The van der Waals surface area contributed by atoms with Gasteiger partial charge in [0.1, 0.15) is 22.3 Å². The predicted molar refractivity (Wildman–Crippen MR) is 98.9 cm³/mol. The molecule has 32 heavy (non-hydrogen) atoms. The quantitative estimate of drug-likeness (QED) is 0.483. The SMILES string of the molecule is Cc1ccc(-c2[nH]c(C(F)F)nc2-c2cc(F)c(S(C)(=O)=O)cc2F)cc1OC(F)(F)F. The van der Waals surface area contributed by atoms with Gasteiger partial charge in [0.15, 0.2) is 15.7 Å². The minimum Gasteiger partial charge on any atom is -0.405 e. The number of nitrogens with zero attached hydrogens (tertiary/aromatic N) is 1. The molecule has 0 aliphatic rings. The second-order valence-corrected chi connectivity index (χ2v) is 8.69. The van der Waals surface area contributed by atoms with Crippen molar-refractivity contribution < 1.29 is 43.9 Å². The molecule has 0 fully saturated rings. The lowest BCUT2D eigenvalue weighted by molar-refractivity contribution is -0.274. The Kier molecular flexibility index (Phi) is 5.98. The minimum absolute atomic E-state index is 0.0657. The lowest BCUT2D eigenvalue weighted by Gasteiger charge is -2.13. The van der Waals surface area contributed by atoms with Gasteiger partial charge >= 0.3 is 6.36 Å². The van der Waals surface area contributed by atoms with Crippen LogP contribution in [-0.2, 0) is 9.84 Å². The average molecular weight is 482 g/mol. The van der Waals surface area contributed by atoms with Gasteiger partial charge in [0, 0.05) is 17.4 Å². The Morgan fingerprint density at radius 1 is 1.06 bits per heavy atom. The molecule has 0 aliphatic heterocycles. The lowest BCUT2D eigenvalue weighted by atomic mass is 10.0. The predicted octanol–water partition coefficient (Wildman–Crippen LogP) is 5.57. The van der Waals surface area contributed by atoms with Gasteiger partial charge in [0.25, 0.3) is 6.43 Å². The van der Waals surface area contributed by atoms with Crippen molar-refractivity contribution in [2.75, 3.05) is 6.26 Å². The van der Waals surface area contributed by atoms with Crippen molar-refractivity contribution in [3.63, 3.8) is 0 Å². The van der Waals surface area contributed by atoms with Gasteiger partial charge in [-0.2, -0.15) is 0 Å². The fourth-order valence-electron chi connectivity index (χ4n) is 2.88. The summed E-state index contributed by atoms with van der Waals surface area (Å²) in [6.07, 6.45) is -7.57. The van der Waals surface area contributed by atoms with Gasteiger partial charge in [-0.15, -0.1) is 13.2 Å². The molecule has 3 aromatic rings. The number of aromatic nitrogens is 2. The smallest absolute Gasteiger partial charge is 0.405 e. The first kappa shape index (κ1) is 23.6. The van der Waals surface area contributed by atoms with Crippen molar-refractivity contribution >= 4 is 9.84 Å². The summed E-state index contributed by atoms with van der Waals surface area (Å²) in [5, 5.41) is 0. The molecule has 1 heterocycles. The molecule has 0 bridgehead atoms. The maximum atomic E-state index is 14.7. The number of rotatable bonds is 5. The number of sulfone groups is 1. The van der Waals surface area contributed by atoms with Gasteiger partial charge in [0.2, 0.25) is 0 Å². The van der Waals surface area contributed by atoms with E-state index in [1.54, 1.807) is 0 Å². The van der Waals surface area contributed by atoms with E-state index < -0.39 is 62.0 Å². The van der Waals surface area contributed by atoms with Crippen LogP contribution in [0.1, 0.15) is 17.8 Å². The molecule has 2 aromatic carbocycles. The first-order chi connectivity index (χ1) is 14.7. The highest BCUT2D eigenvalue weighted by atomic mass is 32.2. The third-order valence-corrected chi connectivity index (χ3v) is 5.42. The number of aryl methyl sites for hydroxylation is 1. The number of alkyl halides is 5. The van der Waals surface area contributed by atoms with Gasteiger partial charge in [-0.05, 0) is 30.7 Å². The Morgan fingerprint density at radius 2 is 1.72 bits per heavy atom. The molecule has 13 heteroatoms. The fourth-order valence-corrected chi connectivity index (χ4v) is 3.61. The molecule has 1 N–H and O–H groups in total. The standard InChI is InChI=1S/C19H13F7N2O3S/c1-8-3-4-9(5-13(8)31-19(24,25)26)15-16(28-18(27-15)17(22)23)10-6-12(21)14(7-11(10)20)32(2,29)30/h3-7,17H,1-2H3,(H,27,28). The average Bonchev–Trinajstić information content (AvgIpc) is 3.08. The summed E-state index contributed by atoms with van der Waals surface area (Å²) in [6.45, 7) is 1.31. The van der Waals surface area contributed by atoms with E-state index in [2.05, 4.69) is 14.7 Å². The summed E-state index contributed by atoms with van der Waals surface area (Å²) >= 11 is 0. The van der Waals surface area contributed by atoms with Crippen LogP contribution in [0.5, 0.6) is 5.75 Å². The largest absolute Gasteiger partial charge is 0.573 e. The highest BCUT2D eigenvalue weighted by Gasteiger charge is 2.32. The van der Waals surface area contributed by atoms with Crippen LogP contribution in [0.15, 0.2) is 35.2 Å². The van der Waals surface area contributed by atoms with Crippen molar-refractivity contribution in [3.05, 3.63) is 53.4 Å². The van der Waals surface area contributed by atoms with Crippen molar-refractivity contribution in [1.29, 1.82) is 0 Å². The Hall–Kier alpha value is -3.09. The molecule has 0 radical (unpaired) electrons. The Morgan fingerprint density at radius 3 is 2.28 bits per heavy atom. The normalized spacial score (nSPS) is 12.4. The number of hydrogen-bond acceptors (Lipinski definition) is 4. The number of H-pyrrole nitrogens is 1. The maximum Gasteiger partial charge on any atom is 0.573 e. The van der Waals surface area contributed by atoms with Gasteiger partial charge in [-0.1, -0.05) is 12.1 Å². The van der Waals surface area contributed by atoms with Gasteiger partial charge in [0.05, 0.1) is 11.4 Å². The van der Waals surface area contributed by atoms with E-state index in [9.17, 15) is 39.2 Å². The van der Waals surface area contributed by atoms with Crippen LogP contribution in [0.25, 0.3) is 22.5 Å². The first-order valence-corrected chi connectivity index (χ1v) is 10.5. The zero-order chi connectivity index (χ0) is 24.0. The van der Waals surface area contributed by atoms with Crippen molar-refractivity contribution in [1.82, 2.24) is 9.97 Å². The third-order valence-electron chi connectivity index (χ3n) is 4.31. The topological polar surface area (TPSA) is 72.0 Å². The Bertz CT molecular complexity index is 1280. The molecule has 0 spiro atoms. The van der Waals surface area contributed by atoms with E-state index in [0.717, 1.165) is 6.07 Å². The van der Waals surface area contributed by atoms with Crippen molar-refractivity contribution in [2.24, 2.45) is 0 Å². The molecule has 5 nitrogen and oxygen atoms in total.